The average Bonchev–Trinajstić information content (AvgIpc) is 2.72. The SMILES string of the molecule is CCOc1cccc(CNC(=O)c2ccc(OCc3ccccc3Cl)cc2)c1. The number of hydrogen-bond donors (Lipinski definition) is 1. The molecule has 3 rings (SSSR count). The summed E-state index contributed by atoms with van der Waals surface area (Å²) in [6, 6.07) is 22.3. The molecule has 0 unspecified atom stereocenters. The van der Waals surface area contributed by atoms with Crippen molar-refractivity contribution in [3.05, 3.63) is 94.5 Å². The molecule has 0 radical (unpaired) electrons. The van der Waals surface area contributed by atoms with Gasteiger partial charge in [-0.1, -0.05) is 41.9 Å². The van der Waals surface area contributed by atoms with Crippen molar-refractivity contribution in [1.29, 1.82) is 0 Å². The van der Waals surface area contributed by atoms with Crippen LogP contribution in [-0.4, -0.2) is 12.5 Å². The van der Waals surface area contributed by atoms with Crippen LogP contribution >= 0.6 is 11.6 Å². The zero-order chi connectivity index (χ0) is 19.8. The molecule has 3 aromatic carbocycles. The molecule has 0 aliphatic carbocycles. The molecule has 1 amide bonds. The molecule has 0 heterocycles. The van der Waals surface area contributed by atoms with E-state index in [1.54, 1.807) is 24.3 Å². The summed E-state index contributed by atoms with van der Waals surface area (Å²) >= 11 is 6.13. The van der Waals surface area contributed by atoms with Crippen LogP contribution in [0.5, 0.6) is 11.5 Å². The summed E-state index contributed by atoms with van der Waals surface area (Å²) in [5, 5.41) is 3.59. The Labute approximate surface area is 170 Å². The van der Waals surface area contributed by atoms with E-state index in [1.807, 2.05) is 55.5 Å². The lowest BCUT2D eigenvalue weighted by molar-refractivity contribution is 0.0951. The molecule has 0 aromatic heterocycles. The molecule has 0 aliphatic rings. The minimum Gasteiger partial charge on any atom is -0.494 e. The second-order valence-electron chi connectivity index (χ2n) is 6.17. The van der Waals surface area contributed by atoms with Crippen LogP contribution in [0.2, 0.25) is 5.02 Å². The van der Waals surface area contributed by atoms with Crippen molar-refractivity contribution in [1.82, 2.24) is 5.32 Å². The lowest BCUT2D eigenvalue weighted by Crippen LogP contribution is -2.22. The largest absolute Gasteiger partial charge is 0.494 e. The van der Waals surface area contributed by atoms with Gasteiger partial charge in [-0.3, -0.25) is 4.79 Å². The van der Waals surface area contributed by atoms with Crippen molar-refractivity contribution in [2.45, 2.75) is 20.1 Å². The smallest absolute Gasteiger partial charge is 0.251 e. The van der Waals surface area contributed by atoms with Crippen LogP contribution < -0.4 is 14.8 Å². The third-order valence-electron chi connectivity index (χ3n) is 4.13. The first kappa shape index (κ1) is 19.8. The maximum Gasteiger partial charge on any atom is 0.251 e. The summed E-state index contributed by atoms with van der Waals surface area (Å²) in [7, 11) is 0. The van der Waals surface area contributed by atoms with E-state index < -0.39 is 0 Å². The Morgan fingerprint density at radius 1 is 0.929 bits per heavy atom. The Kier molecular flexibility index (Phi) is 6.93. The minimum atomic E-state index is -0.139. The molecule has 0 bridgehead atoms. The van der Waals surface area contributed by atoms with Gasteiger partial charge < -0.3 is 14.8 Å². The second kappa shape index (κ2) is 9.81. The molecule has 3 aromatic rings. The number of halogens is 1. The topological polar surface area (TPSA) is 47.6 Å². The van der Waals surface area contributed by atoms with E-state index in [1.165, 1.54) is 0 Å². The fraction of sp³-hybridized carbons (Fsp3) is 0.174. The Bertz CT molecular complexity index is 925. The number of hydrogen-bond acceptors (Lipinski definition) is 3. The number of carbonyl (C=O) groups is 1. The van der Waals surface area contributed by atoms with Crippen LogP contribution in [0.1, 0.15) is 28.4 Å². The van der Waals surface area contributed by atoms with Gasteiger partial charge in [0.1, 0.15) is 18.1 Å². The first-order chi connectivity index (χ1) is 13.7. The van der Waals surface area contributed by atoms with Crippen molar-refractivity contribution >= 4 is 17.5 Å². The maximum atomic E-state index is 12.4. The normalized spacial score (nSPS) is 10.4. The zero-order valence-electron chi connectivity index (χ0n) is 15.7. The Hall–Kier alpha value is -2.98. The van der Waals surface area contributed by atoms with Gasteiger partial charge in [-0.25, -0.2) is 0 Å². The third kappa shape index (κ3) is 5.51. The Morgan fingerprint density at radius 2 is 1.71 bits per heavy atom. The fourth-order valence-corrected chi connectivity index (χ4v) is 2.87. The predicted molar refractivity (Wildman–Crippen MR) is 111 cm³/mol. The Balaban J connectivity index is 1.53. The van der Waals surface area contributed by atoms with Gasteiger partial charge in [-0.2, -0.15) is 0 Å². The molecular formula is C23H22ClNO3. The van der Waals surface area contributed by atoms with Crippen LogP contribution in [-0.2, 0) is 13.2 Å². The number of amides is 1. The van der Waals surface area contributed by atoms with Crippen LogP contribution in [0, 0.1) is 0 Å². The van der Waals surface area contributed by atoms with Crippen molar-refractivity contribution in [2.75, 3.05) is 6.61 Å². The third-order valence-corrected chi connectivity index (χ3v) is 4.50. The second-order valence-corrected chi connectivity index (χ2v) is 6.57. The highest BCUT2D eigenvalue weighted by Crippen LogP contribution is 2.19. The number of benzene rings is 3. The molecule has 0 saturated heterocycles. The first-order valence-electron chi connectivity index (χ1n) is 9.12. The van der Waals surface area contributed by atoms with E-state index in [-0.39, 0.29) is 5.91 Å². The van der Waals surface area contributed by atoms with Gasteiger partial charge in [0, 0.05) is 22.7 Å². The summed E-state index contributed by atoms with van der Waals surface area (Å²) in [6.07, 6.45) is 0. The van der Waals surface area contributed by atoms with Crippen molar-refractivity contribution in [3.8, 4) is 11.5 Å². The van der Waals surface area contributed by atoms with Crippen LogP contribution in [0.4, 0.5) is 0 Å². The molecule has 144 valence electrons. The molecule has 0 fully saturated rings. The van der Waals surface area contributed by atoms with Crippen LogP contribution in [0.3, 0.4) is 0 Å². The standard InChI is InChI=1S/C23H22ClNO3/c1-2-27-21-8-5-6-17(14-21)15-25-23(26)18-10-12-20(13-11-18)28-16-19-7-3-4-9-22(19)24/h3-14H,2,15-16H2,1H3,(H,25,26). The van der Waals surface area contributed by atoms with Gasteiger partial charge in [0.05, 0.1) is 6.61 Å². The molecule has 4 nitrogen and oxygen atoms in total. The molecule has 0 aliphatic heterocycles. The summed E-state index contributed by atoms with van der Waals surface area (Å²) in [5.41, 5.74) is 2.48. The van der Waals surface area contributed by atoms with E-state index in [0.717, 1.165) is 16.9 Å². The van der Waals surface area contributed by atoms with E-state index in [0.29, 0.717) is 36.1 Å². The van der Waals surface area contributed by atoms with E-state index in [4.69, 9.17) is 21.1 Å². The molecule has 0 saturated carbocycles. The van der Waals surface area contributed by atoms with Gasteiger partial charge >= 0.3 is 0 Å². The van der Waals surface area contributed by atoms with Crippen molar-refractivity contribution in [2.24, 2.45) is 0 Å². The highest BCUT2D eigenvalue weighted by molar-refractivity contribution is 6.31. The van der Waals surface area contributed by atoms with Gasteiger partial charge in [0.15, 0.2) is 0 Å². The summed E-state index contributed by atoms with van der Waals surface area (Å²) in [6.45, 7) is 3.36. The van der Waals surface area contributed by atoms with Gasteiger partial charge in [0.2, 0.25) is 0 Å². The zero-order valence-corrected chi connectivity index (χ0v) is 16.4. The highest BCUT2D eigenvalue weighted by Gasteiger charge is 2.07. The molecule has 0 atom stereocenters. The van der Waals surface area contributed by atoms with Crippen LogP contribution in [0.15, 0.2) is 72.8 Å². The first-order valence-corrected chi connectivity index (χ1v) is 9.49. The summed E-state index contributed by atoms with van der Waals surface area (Å²) < 4.78 is 11.2. The fourth-order valence-electron chi connectivity index (χ4n) is 2.68. The van der Waals surface area contributed by atoms with E-state index in [9.17, 15) is 4.79 Å². The number of ether oxygens (including phenoxy) is 2. The molecule has 0 spiro atoms. The summed E-state index contributed by atoms with van der Waals surface area (Å²) in [4.78, 5) is 12.4. The molecule has 28 heavy (non-hydrogen) atoms. The Morgan fingerprint density at radius 3 is 2.46 bits per heavy atom. The highest BCUT2D eigenvalue weighted by atomic mass is 35.5. The quantitative estimate of drug-likeness (QED) is 0.566. The number of carbonyl (C=O) groups excluding carboxylic acids is 1. The van der Waals surface area contributed by atoms with Crippen molar-refractivity contribution < 1.29 is 14.3 Å². The lowest BCUT2D eigenvalue weighted by Gasteiger charge is -2.10. The summed E-state index contributed by atoms with van der Waals surface area (Å²) in [5.74, 6) is 1.34. The van der Waals surface area contributed by atoms with Crippen molar-refractivity contribution in [3.63, 3.8) is 0 Å². The number of rotatable bonds is 8. The lowest BCUT2D eigenvalue weighted by atomic mass is 10.2. The van der Waals surface area contributed by atoms with E-state index >= 15 is 0 Å². The average molecular weight is 396 g/mol. The van der Waals surface area contributed by atoms with Gasteiger partial charge in [-0.05, 0) is 55.0 Å². The van der Waals surface area contributed by atoms with Gasteiger partial charge in [0.25, 0.3) is 5.91 Å². The monoisotopic (exact) mass is 395 g/mol. The minimum absolute atomic E-state index is 0.139. The van der Waals surface area contributed by atoms with Gasteiger partial charge in [-0.15, -0.1) is 0 Å². The number of nitrogens with one attached hydrogen (secondary N) is 1. The molecule has 5 heteroatoms. The molecule has 1 N–H and O–H groups in total. The van der Waals surface area contributed by atoms with E-state index in [2.05, 4.69) is 5.32 Å². The predicted octanol–water partition coefficient (Wildman–Crippen LogP) is 5.25. The molecular weight excluding hydrogens is 374 g/mol. The van der Waals surface area contributed by atoms with Crippen LogP contribution in [0.25, 0.3) is 0 Å². The maximum absolute atomic E-state index is 12.4.